The highest BCUT2D eigenvalue weighted by atomic mass is 32.1. The van der Waals surface area contributed by atoms with Gasteiger partial charge in [-0.1, -0.05) is 12.1 Å². The molecule has 0 saturated carbocycles. The predicted molar refractivity (Wildman–Crippen MR) is 126 cm³/mol. The molecule has 2 heterocycles. The summed E-state index contributed by atoms with van der Waals surface area (Å²) >= 11 is 1.49. The number of fused-ring (bicyclic) bond motifs is 1. The van der Waals surface area contributed by atoms with Crippen molar-refractivity contribution in [2.45, 2.75) is 6.54 Å². The number of carbonyl (C=O) groups excluding carboxylic acids is 1. The van der Waals surface area contributed by atoms with Gasteiger partial charge in [0.05, 0.1) is 30.7 Å². The SMILES string of the molecule is COc1ccc(Cn2c(-c3ccc4c(c3)NC(=O)CO4)csc2=Nc2ccc(F)cc2)cc1. The van der Waals surface area contributed by atoms with E-state index in [0.717, 1.165) is 27.4 Å². The Kier molecular flexibility index (Phi) is 5.66. The molecule has 166 valence electrons. The van der Waals surface area contributed by atoms with Crippen LogP contribution in [0.4, 0.5) is 15.8 Å². The maximum absolute atomic E-state index is 13.4. The third-order valence-electron chi connectivity index (χ3n) is 5.26. The van der Waals surface area contributed by atoms with E-state index in [2.05, 4.69) is 9.88 Å². The molecule has 5 rings (SSSR count). The van der Waals surface area contributed by atoms with Gasteiger partial charge in [-0.3, -0.25) is 4.79 Å². The summed E-state index contributed by atoms with van der Waals surface area (Å²) in [6.07, 6.45) is 0. The van der Waals surface area contributed by atoms with E-state index in [4.69, 9.17) is 14.5 Å². The summed E-state index contributed by atoms with van der Waals surface area (Å²) < 4.78 is 26.2. The molecule has 0 atom stereocenters. The van der Waals surface area contributed by atoms with E-state index in [-0.39, 0.29) is 18.3 Å². The third-order valence-corrected chi connectivity index (χ3v) is 6.12. The van der Waals surface area contributed by atoms with E-state index in [9.17, 15) is 9.18 Å². The Morgan fingerprint density at radius 3 is 2.67 bits per heavy atom. The molecule has 1 aromatic heterocycles. The van der Waals surface area contributed by atoms with Crippen molar-refractivity contribution >= 4 is 28.6 Å². The summed E-state index contributed by atoms with van der Waals surface area (Å²) in [5, 5.41) is 4.89. The highest BCUT2D eigenvalue weighted by Crippen LogP contribution is 2.33. The molecule has 3 aromatic carbocycles. The van der Waals surface area contributed by atoms with Crippen LogP contribution in [0.1, 0.15) is 5.56 Å². The van der Waals surface area contributed by atoms with Gasteiger partial charge in [0.15, 0.2) is 11.4 Å². The van der Waals surface area contributed by atoms with Crippen LogP contribution in [0.2, 0.25) is 0 Å². The van der Waals surface area contributed by atoms with Crippen molar-refractivity contribution in [1.82, 2.24) is 4.57 Å². The van der Waals surface area contributed by atoms with Gasteiger partial charge in [-0.25, -0.2) is 9.38 Å². The van der Waals surface area contributed by atoms with E-state index in [1.54, 1.807) is 19.2 Å². The fourth-order valence-electron chi connectivity index (χ4n) is 3.58. The van der Waals surface area contributed by atoms with Crippen LogP contribution in [0.3, 0.4) is 0 Å². The van der Waals surface area contributed by atoms with Crippen LogP contribution in [0, 0.1) is 5.82 Å². The van der Waals surface area contributed by atoms with Gasteiger partial charge in [0, 0.05) is 10.9 Å². The monoisotopic (exact) mass is 461 g/mol. The molecule has 33 heavy (non-hydrogen) atoms. The molecular weight excluding hydrogens is 441 g/mol. The number of amides is 1. The minimum atomic E-state index is -0.301. The van der Waals surface area contributed by atoms with Crippen molar-refractivity contribution in [2.24, 2.45) is 4.99 Å². The lowest BCUT2D eigenvalue weighted by atomic mass is 10.1. The number of anilines is 1. The molecule has 1 aliphatic rings. The molecular formula is C25H20FN3O3S. The summed E-state index contributed by atoms with van der Waals surface area (Å²) in [5.41, 5.74) is 4.25. The molecule has 0 radical (unpaired) electrons. The van der Waals surface area contributed by atoms with Crippen LogP contribution in [0.15, 0.2) is 77.1 Å². The highest BCUT2D eigenvalue weighted by Gasteiger charge is 2.18. The zero-order valence-electron chi connectivity index (χ0n) is 17.7. The van der Waals surface area contributed by atoms with E-state index >= 15 is 0 Å². The Hall–Kier alpha value is -3.91. The van der Waals surface area contributed by atoms with E-state index in [1.807, 2.05) is 47.8 Å². The van der Waals surface area contributed by atoms with Gasteiger partial charge >= 0.3 is 0 Å². The molecule has 4 aromatic rings. The Morgan fingerprint density at radius 2 is 1.91 bits per heavy atom. The van der Waals surface area contributed by atoms with Crippen molar-refractivity contribution in [1.29, 1.82) is 0 Å². The summed E-state index contributed by atoms with van der Waals surface area (Å²) in [7, 11) is 1.64. The largest absolute Gasteiger partial charge is 0.497 e. The number of aromatic nitrogens is 1. The minimum absolute atomic E-state index is 0.0168. The van der Waals surface area contributed by atoms with Crippen molar-refractivity contribution in [3.05, 3.63) is 88.3 Å². The number of nitrogens with zero attached hydrogens (tertiary/aromatic N) is 2. The molecule has 0 fully saturated rings. The summed E-state index contributed by atoms with van der Waals surface area (Å²) in [4.78, 5) is 17.3. The number of halogens is 1. The van der Waals surface area contributed by atoms with Gasteiger partial charge in [0.25, 0.3) is 5.91 Å². The van der Waals surface area contributed by atoms with Gasteiger partial charge in [0.1, 0.15) is 17.3 Å². The van der Waals surface area contributed by atoms with Gasteiger partial charge in [-0.15, -0.1) is 11.3 Å². The fraction of sp³-hybridized carbons (Fsp3) is 0.120. The van der Waals surface area contributed by atoms with Crippen LogP contribution >= 0.6 is 11.3 Å². The molecule has 1 amide bonds. The molecule has 0 saturated heterocycles. The van der Waals surface area contributed by atoms with Crippen LogP contribution in [0.5, 0.6) is 11.5 Å². The lowest BCUT2D eigenvalue weighted by Crippen LogP contribution is -2.25. The Morgan fingerprint density at radius 1 is 1.12 bits per heavy atom. The molecule has 0 aliphatic carbocycles. The number of nitrogens with one attached hydrogen (secondary N) is 1. The summed E-state index contributed by atoms with van der Waals surface area (Å²) in [5.74, 6) is 0.954. The molecule has 0 spiro atoms. The number of benzene rings is 3. The average Bonchev–Trinajstić information content (AvgIpc) is 3.22. The summed E-state index contributed by atoms with van der Waals surface area (Å²) in [6, 6.07) is 19.7. The lowest BCUT2D eigenvalue weighted by Gasteiger charge is -2.19. The number of carbonyl (C=O) groups is 1. The number of methoxy groups -OCH3 is 1. The Labute approximate surface area is 193 Å². The molecule has 8 heteroatoms. The van der Waals surface area contributed by atoms with Crippen molar-refractivity contribution in [3.8, 4) is 22.8 Å². The highest BCUT2D eigenvalue weighted by molar-refractivity contribution is 7.07. The fourth-order valence-corrected chi connectivity index (χ4v) is 4.51. The lowest BCUT2D eigenvalue weighted by molar-refractivity contribution is -0.118. The zero-order chi connectivity index (χ0) is 22.8. The second-order valence-corrected chi connectivity index (χ2v) is 8.31. The van der Waals surface area contributed by atoms with Gasteiger partial charge < -0.3 is 19.4 Å². The normalized spacial score (nSPS) is 13.3. The smallest absolute Gasteiger partial charge is 0.262 e. The first-order chi connectivity index (χ1) is 16.1. The van der Waals surface area contributed by atoms with Crippen LogP contribution in [0.25, 0.3) is 11.3 Å². The van der Waals surface area contributed by atoms with Crippen LogP contribution in [-0.2, 0) is 11.3 Å². The van der Waals surface area contributed by atoms with Gasteiger partial charge in [-0.2, -0.15) is 0 Å². The summed E-state index contributed by atoms with van der Waals surface area (Å²) in [6.45, 7) is 0.589. The third kappa shape index (κ3) is 4.51. The van der Waals surface area contributed by atoms with Gasteiger partial charge in [-0.05, 0) is 60.2 Å². The van der Waals surface area contributed by atoms with Crippen molar-refractivity contribution in [2.75, 3.05) is 19.0 Å². The first kappa shape index (κ1) is 21.0. The van der Waals surface area contributed by atoms with Crippen molar-refractivity contribution in [3.63, 3.8) is 0 Å². The number of hydrogen-bond acceptors (Lipinski definition) is 5. The maximum Gasteiger partial charge on any atom is 0.262 e. The number of ether oxygens (including phenoxy) is 2. The zero-order valence-corrected chi connectivity index (χ0v) is 18.6. The van der Waals surface area contributed by atoms with E-state index in [1.165, 1.54) is 23.5 Å². The standard InChI is InChI=1S/C25H20FN3O3S/c1-31-20-9-2-16(3-10-20)13-29-22(15-33-25(29)27-19-7-5-18(26)6-8-19)17-4-11-23-21(12-17)28-24(30)14-32-23/h2-12,15H,13-14H2,1H3,(H,28,30). The quantitative estimate of drug-likeness (QED) is 0.456. The van der Waals surface area contributed by atoms with Crippen LogP contribution in [-0.4, -0.2) is 24.2 Å². The molecule has 1 N–H and O–H groups in total. The average molecular weight is 462 g/mol. The Balaban J connectivity index is 1.60. The Bertz CT molecular complexity index is 1380. The predicted octanol–water partition coefficient (Wildman–Crippen LogP) is 4.98. The maximum atomic E-state index is 13.4. The minimum Gasteiger partial charge on any atom is -0.497 e. The number of rotatable bonds is 5. The van der Waals surface area contributed by atoms with Crippen molar-refractivity contribution < 1.29 is 18.7 Å². The molecule has 1 aliphatic heterocycles. The topological polar surface area (TPSA) is 64.8 Å². The number of hydrogen-bond donors (Lipinski definition) is 1. The number of thiazole rings is 1. The molecule has 6 nitrogen and oxygen atoms in total. The van der Waals surface area contributed by atoms with Crippen LogP contribution < -0.4 is 19.6 Å². The first-order valence-corrected chi connectivity index (χ1v) is 11.2. The molecule has 0 unspecified atom stereocenters. The second-order valence-electron chi connectivity index (χ2n) is 7.47. The second kappa shape index (κ2) is 8.91. The van der Waals surface area contributed by atoms with E-state index < -0.39 is 0 Å². The van der Waals surface area contributed by atoms with E-state index in [0.29, 0.717) is 23.7 Å². The first-order valence-electron chi connectivity index (χ1n) is 10.3. The van der Waals surface area contributed by atoms with Gasteiger partial charge in [0.2, 0.25) is 0 Å². The molecule has 0 bridgehead atoms.